The molecule has 0 spiro atoms. The third-order valence-electron chi connectivity index (χ3n) is 6.98. The number of nitrogens with zero attached hydrogens (tertiary/aromatic N) is 1. The van der Waals surface area contributed by atoms with Crippen LogP contribution in [0.2, 0.25) is 0 Å². The lowest BCUT2D eigenvalue weighted by molar-refractivity contribution is -0.139. The van der Waals surface area contributed by atoms with Gasteiger partial charge in [0.05, 0.1) is 6.42 Å². The molecule has 1 aromatic rings. The zero-order chi connectivity index (χ0) is 45.9. The van der Waals surface area contributed by atoms with Crippen molar-refractivity contribution in [1.82, 2.24) is 4.90 Å². The lowest BCUT2D eigenvalue weighted by Gasteiger charge is -2.22. The molecule has 0 aliphatic carbocycles. The molecular weight excluding hydrogens is 786 g/mol. The van der Waals surface area contributed by atoms with E-state index >= 15 is 0 Å². The van der Waals surface area contributed by atoms with Gasteiger partial charge >= 0.3 is 41.9 Å². The Balaban J connectivity index is -0.000000190. The zero-order valence-corrected chi connectivity index (χ0v) is 34.7. The van der Waals surface area contributed by atoms with Crippen LogP contribution in [-0.2, 0) is 28.8 Å². The number of aliphatic carboxylic acids is 6. The summed E-state index contributed by atoms with van der Waals surface area (Å²) >= 11 is 1.35. The molecule has 0 aromatic carbocycles. The van der Waals surface area contributed by atoms with Gasteiger partial charge in [0.1, 0.15) is 18.1 Å². The fourth-order valence-corrected chi connectivity index (χ4v) is 4.28. The average molecular weight is 858 g/mol. The van der Waals surface area contributed by atoms with Crippen molar-refractivity contribution in [2.24, 2.45) is 34.4 Å². The van der Waals surface area contributed by atoms with Gasteiger partial charge in [0.15, 0.2) is 0 Å². The number of nitrogens with two attached hydrogens (primary N) is 6. The minimum absolute atomic E-state index is 0.0694. The quantitative estimate of drug-likeness (QED) is 0.0889. The Bertz CT molecular complexity index is 1190. The molecule has 0 bridgehead atoms. The molecular formula is C36H71N7O14S. The van der Waals surface area contributed by atoms with E-state index in [1.807, 2.05) is 0 Å². The first kappa shape index (κ1) is 62.7. The van der Waals surface area contributed by atoms with Crippen molar-refractivity contribution in [1.29, 1.82) is 0 Å². The molecule has 1 aliphatic rings. The standard InChI is InChI=1S/C7H15NO2.C6H7NO2S.C6H11NO2.C6H13NO2.2C4H9NO2.C3H7NO2/c1-2-3-4-5-6(8)7(9)10;7-5(6(8)9)4-2-1-3-10-4;8-6(9)7-4-2-1-3-5-7;7-5-3-1-2-4-6(8)9;1-2-3(5)4(6)7;5-3-1-2-4(6)7;4-2-1-3(5)6/h6H,2-5,8H2,1H3,(H,9,10);1-3,5H,7H2,(H,8,9);1-5H2,(H,8,9);1-5,7H2,(H,8,9);3H,2,5H2,1H3,(H,6,7);1-3,5H2,(H,6,7);1-2,4H2,(H,5,6). The van der Waals surface area contributed by atoms with Crippen molar-refractivity contribution in [3.8, 4) is 0 Å². The Hall–Kier alpha value is -4.45. The Kier molecular flexibility index (Phi) is 49.0. The predicted octanol–water partition coefficient (Wildman–Crippen LogP) is 2.59. The molecule has 0 radical (unpaired) electrons. The fraction of sp³-hybridized carbons (Fsp3) is 0.694. The van der Waals surface area contributed by atoms with Gasteiger partial charge in [-0.1, -0.05) is 45.6 Å². The fourth-order valence-electron chi connectivity index (χ4n) is 3.56. The average Bonchev–Trinajstić information content (AvgIpc) is 3.72. The monoisotopic (exact) mass is 857 g/mol. The highest BCUT2D eigenvalue weighted by atomic mass is 32.1. The summed E-state index contributed by atoms with van der Waals surface area (Å²) in [5, 5.41) is 59.1. The van der Waals surface area contributed by atoms with Crippen molar-refractivity contribution in [2.45, 2.75) is 128 Å². The molecule has 21 nitrogen and oxygen atoms in total. The number of carboxylic acid groups (broad SMARTS) is 7. The molecule has 1 aromatic heterocycles. The SMILES string of the molecule is CCC(N)C(=O)O.CCCCCC(N)C(=O)O.NC(C(=O)O)c1cccs1.NCCC(=O)O.NCCCC(=O)O.NCCCCCC(=O)O.O=C(O)N1CCCCC1. The van der Waals surface area contributed by atoms with Crippen molar-refractivity contribution in [3.63, 3.8) is 0 Å². The van der Waals surface area contributed by atoms with Gasteiger partial charge in [-0.2, -0.15) is 0 Å². The highest BCUT2D eigenvalue weighted by Gasteiger charge is 2.15. The van der Waals surface area contributed by atoms with E-state index in [0.717, 1.165) is 64.5 Å². The molecule has 19 N–H and O–H groups in total. The van der Waals surface area contributed by atoms with Crippen LogP contribution in [0.1, 0.15) is 121 Å². The van der Waals surface area contributed by atoms with Crippen LogP contribution in [0.5, 0.6) is 0 Å². The third kappa shape index (κ3) is 51.5. The maximum Gasteiger partial charge on any atom is 0.407 e. The van der Waals surface area contributed by atoms with Gasteiger partial charge in [-0.3, -0.25) is 28.8 Å². The number of rotatable bonds is 19. The maximum atomic E-state index is 10.3. The van der Waals surface area contributed by atoms with Crippen molar-refractivity contribution in [2.75, 3.05) is 32.7 Å². The topological polar surface area (TPSA) is 420 Å². The molecule has 58 heavy (non-hydrogen) atoms. The van der Waals surface area contributed by atoms with E-state index in [4.69, 9.17) is 70.1 Å². The molecule has 2 heterocycles. The van der Waals surface area contributed by atoms with E-state index < -0.39 is 60.0 Å². The van der Waals surface area contributed by atoms with E-state index in [9.17, 15) is 33.6 Å². The number of thiophene rings is 1. The number of likely N-dealkylation sites (tertiary alicyclic amines) is 1. The number of hydrogen-bond acceptors (Lipinski definition) is 14. The number of unbranched alkanes of at least 4 members (excludes halogenated alkanes) is 4. The van der Waals surface area contributed by atoms with Gasteiger partial charge in [-0.25, -0.2) is 4.79 Å². The summed E-state index contributed by atoms with van der Waals surface area (Å²) in [6.45, 7) is 6.64. The molecule has 1 amide bonds. The Labute approximate surface area is 344 Å². The Morgan fingerprint density at radius 1 is 0.621 bits per heavy atom. The van der Waals surface area contributed by atoms with Gasteiger partial charge in [0, 0.05) is 37.4 Å². The van der Waals surface area contributed by atoms with Crippen LogP contribution in [0.25, 0.3) is 0 Å². The van der Waals surface area contributed by atoms with Crippen LogP contribution < -0.4 is 34.4 Å². The van der Waals surface area contributed by atoms with Crippen LogP contribution in [0, 0.1) is 0 Å². The summed E-state index contributed by atoms with van der Waals surface area (Å²) in [6, 6.07) is 1.29. The minimum Gasteiger partial charge on any atom is -0.481 e. The maximum absolute atomic E-state index is 10.3. The van der Waals surface area contributed by atoms with Crippen LogP contribution >= 0.6 is 11.3 Å². The number of hydrogen-bond donors (Lipinski definition) is 13. The van der Waals surface area contributed by atoms with E-state index in [1.165, 1.54) is 22.7 Å². The molecule has 340 valence electrons. The van der Waals surface area contributed by atoms with E-state index in [0.29, 0.717) is 37.2 Å². The van der Waals surface area contributed by atoms with Crippen LogP contribution in [0.15, 0.2) is 17.5 Å². The molecule has 3 atom stereocenters. The highest BCUT2D eigenvalue weighted by molar-refractivity contribution is 7.10. The van der Waals surface area contributed by atoms with Gasteiger partial charge in [-0.05, 0) is 75.9 Å². The van der Waals surface area contributed by atoms with E-state index in [-0.39, 0.29) is 25.8 Å². The summed E-state index contributed by atoms with van der Waals surface area (Å²) in [5.74, 6) is -5.13. The van der Waals surface area contributed by atoms with Crippen molar-refractivity contribution < 1.29 is 69.3 Å². The van der Waals surface area contributed by atoms with Gasteiger partial charge in [0.2, 0.25) is 0 Å². The highest BCUT2D eigenvalue weighted by Crippen LogP contribution is 2.16. The molecule has 0 saturated carbocycles. The third-order valence-corrected chi connectivity index (χ3v) is 7.94. The number of carbonyl (C=O) groups is 7. The second kappa shape index (κ2) is 45.3. The summed E-state index contributed by atoms with van der Waals surface area (Å²) in [6.07, 6.45) is 10.4. The summed E-state index contributed by atoms with van der Waals surface area (Å²) < 4.78 is 0. The van der Waals surface area contributed by atoms with E-state index in [1.54, 1.807) is 24.4 Å². The minimum atomic E-state index is -0.984. The smallest absolute Gasteiger partial charge is 0.407 e. The first-order valence-electron chi connectivity index (χ1n) is 18.9. The lowest BCUT2D eigenvalue weighted by Crippen LogP contribution is -2.34. The van der Waals surface area contributed by atoms with Gasteiger partial charge in [-0.15, -0.1) is 11.3 Å². The molecule has 22 heteroatoms. The summed E-state index contributed by atoms with van der Waals surface area (Å²) in [4.78, 5) is 71.8. The number of amides is 1. The largest absolute Gasteiger partial charge is 0.481 e. The molecule has 1 aliphatic heterocycles. The predicted molar refractivity (Wildman–Crippen MR) is 220 cm³/mol. The Morgan fingerprint density at radius 3 is 1.40 bits per heavy atom. The summed E-state index contributed by atoms with van der Waals surface area (Å²) in [5.41, 5.74) is 30.6. The normalized spacial score (nSPS) is 12.5. The van der Waals surface area contributed by atoms with Gasteiger partial charge < -0.3 is 75.0 Å². The molecule has 2 rings (SSSR count). The first-order valence-corrected chi connectivity index (χ1v) is 19.8. The van der Waals surface area contributed by atoms with E-state index in [2.05, 4.69) is 6.92 Å². The Morgan fingerprint density at radius 2 is 1.12 bits per heavy atom. The van der Waals surface area contributed by atoms with Crippen LogP contribution in [0.3, 0.4) is 0 Å². The molecule has 3 unspecified atom stereocenters. The summed E-state index contributed by atoms with van der Waals surface area (Å²) in [7, 11) is 0. The lowest BCUT2D eigenvalue weighted by atomic mass is 10.1. The second-order valence-electron chi connectivity index (χ2n) is 12.2. The number of piperidine rings is 1. The van der Waals surface area contributed by atoms with Crippen molar-refractivity contribution in [3.05, 3.63) is 22.4 Å². The van der Waals surface area contributed by atoms with Crippen molar-refractivity contribution >= 4 is 53.2 Å². The zero-order valence-electron chi connectivity index (χ0n) is 33.9. The van der Waals surface area contributed by atoms with Gasteiger partial charge in [0.25, 0.3) is 0 Å². The second-order valence-corrected chi connectivity index (χ2v) is 13.1. The van der Waals surface area contributed by atoms with Crippen LogP contribution in [0.4, 0.5) is 4.79 Å². The number of carboxylic acids is 6. The first-order chi connectivity index (χ1) is 27.2. The van der Waals surface area contributed by atoms with Crippen LogP contribution in [-0.4, -0.2) is 127 Å². The molecule has 1 fully saturated rings. The molecule has 1 saturated heterocycles.